The molecule has 1 saturated carbocycles. The lowest BCUT2D eigenvalue weighted by atomic mass is 10.00. The van der Waals surface area contributed by atoms with Gasteiger partial charge in [-0.2, -0.15) is 0 Å². The Kier molecular flexibility index (Phi) is 3.19. The molecule has 0 radical (unpaired) electrons. The first kappa shape index (κ1) is 12.5. The van der Waals surface area contributed by atoms with Crippen molar-refractivity contribution in [3.05, 3.63) is 29.3 Å². The number of benzene rings is 1. The molecule has 0 bridgehead atoms. The highest BCUT2D eigenvalue weighted by molar-refractivity contribution is 5.75. The maximum absolute atomic E-state index is 11.3. The first-order valence-corrected chi connectivity index (χ1v) is 6.92. The predicted molar refractivity (Wildman–Crippen MR) is 70.9 cm³/mol. The van der Waals surface area contributed by atoms with E-state index >= 15 is 0 Å². The van der Waals surface area contributed by atoms with Crippen LogP contribution in [0, 0.1) is 5.92 Å². The molecule has 1 amide bonds. The lowest BCUT2D eigenvalue weighted by Gasteiger charge is -2.07. The van der Waals surface area contributed by atoms with Crippen molar-refractivity contribution in [3.8, 4) is 5.75 Å². The molecule has 1 aromatic rings. The van der Waals surface area contributed by atoms with Gasteiger partial charge in [0.05, 0.1) is 0 Å². The van der Waals surface area contributed by atoms with Crippen molar-refractivity contribution in [2.75, 3.05) is 6.54 Å². The van der Waals surface area contributed by atoms with Crippen LogP contribution in [0.15, 0.2) is 18.2 Å². The van der Waals surface area contributed by atoms with Crippen molar-refractivity contribution in [2.24, 2.45) is 5.92 Å². The minimum atomic E-state index is -0.701. The van der Waals surface area contributed by atoms with E-state index in [9.17, 15) is 9.90 Å². The molecule has 0 aromatic heterocycles. The third-order valence-corrected chi connectivity index (χ3v) is 4.02. The number of nitrogens with one attached hydrogen (secondary N) is 1. The van der Waals surface area contributed by atoms with Gasteiger partial charge in [-0.25, -0.2) is 0 Å². The molecule has 1 aliphatic heterocycles. The van der Waals surface area contributed by atoms with Gasteiger partial charge in [-0.1, -0.05) is 19.1 Å². The third-order valence-electron chi connectivity index (χ3n) is 4.02. The van der Waals surface area contributed by atoms with Gasteiger partial charge in [-0.15, -0.1) is 0 Å². The molecule has 1 aromatic carbocycles. The van der Waals surface area contributed by atoms with E-state index in [2.05, 4.69) is 11.4 Å². The fourth-order valence-corrected chi connectivity index (χ4v) is 2.85. The van der Waals surface area contributed by atoms with Crippen LogP contribution in [-0.2, 0) is 11.2 Å². The van der Waals surface area contributed by atoms with Crippen molar-refractivity contribution in [3.63, 3.8) is 0 Å². The first-order chi connectivity index (χ1) is 9.19. The smallest absolute Gasteiger partial charge is 0.219 e. The van der Waals surface area contributed by atoms with Gasteiger partial charge in [0.15, 0.2) is 0 Å². The molecule has 2 aliphatic rings. The fourth-order valence-electron chi connectivity index (χ4n) is 2.85. The van der Waals surface area contributed by atoms with E-state index in [0.717, 1.165) is 24.3 Å². The molecule has 2 N–H and O–H groups in total. The number of carbonyl (C=O) groups excluding carboxylic acids is 1. The Hall–Kier alpha value is -1.55. The summed E-state index contributed by atoms with van der Waals surface area (Å²) in [5.41, 5.74) is 2.43. The summed E-state index contributed by atoms with van der Waals surface area (Å²) in [5.74, 6) is 1.96. The Morgan fingerprint density at radius 3 is 3.16 bits per heavy atom. The van der Waals surface area contributed by atoms with E-state index in [4.69, 9.17) is 4.74 Å². The molecule has 4 heteroatoms. The summed E-state index contributed by atoms with van der Waals surface area (Å²) in [6.45, 7) is 2.62. The topological polar surface area (TPSA) is 58.6 Å². The Labute approximate surface area is 112 Å². The molecule has 102 valence electrons. The van der Waals surface area contributed by atoms with Crippen LogP contribution >= 0.6 is 0 Å². The fraction of sp³-hybridized carbons (Fsp3) is 0.533. The molecule has 4 nitrogen and oxygen atoms in total. The van der Waals surface area contributed by atoms with E-state index in [1.165, 1.54) is 5.56 Å². The van der Waals surface area contributed by atoms with E-state index in [-0.39, 0.29) is 5.91 Å². The van der Waals surface area contributed by atoms with Crippen molar-refractivity contribution in [1.82, 2.24) is 5.32 Å². The monoisotopic (exact) mass is 261 g/mol. The van der Waals surface area contributed by atoms with E-state index in [1.54, 1.807) is 0 Å². The van der Waals surface area contributed by atoms with Crippen LogP contribution in [0.4, 0.5) is 0 Å². The van der Waals surface area contributed by atoms with Gasteiger partial charge >= 0.3 is 0 Å². The molecular formula is C15H19NO3. The first-order valence-electron chi connectivity index (χ1n) is 6.92. The number of hydrogen-bond donors (Lipinski definition) is 2. The van der Waals surface area contributed by atoms with Crippen LogP contribution < -0.4 is 10.1 Å². The lowest BCUT2D eigenvalue weighted by Crippen LogP contribution is -2.24. The second-order valence-electron chi connectivity index (χ2n) is 5.36. The van der Waals surface area contributed by atoms with E-state index in [1.807, 2.05) is 19.1 Å². The SMILES string of the molecule is CCC(=O)NC[C@@H]1CC1c1cccc2c1C[C@H](O)O2. The highest BCUT2D eigenvalue weighted by Crippen LogP contribution is 2.50. The number of ether oxygens (including phenoxy) is 1. The number of aliphatic hydroxyl groups excluding tert-OH is 1. The zero-order chi connectivity index (χ0) is 13.4. The summed E-state index contributed by atoms with van der Waals surface area (Å²) >= 11 is 0. The molecule has 1 unspecified atom stereocenters. The number of hydrogen-bond acceptors (Lipinski definition) is 3. The van der Waals surface area contributed by atoms with Gasteiger partial charge in [0.1, 0.15) is 5.75 Å². The Morgan fingerprint density at radius 1 is 1.53 bits per heavy atom. The highest BCUT2D eigenvalue weighted by Gasteiger charge is 2.41. The summed E-state index contributed by atoms with van der Waals surface area (Å²) in [4.78, 5) is 11.3. The maximum atomic E-state index is 11.3. The number of amides is 1. The van der Waals surface area contributed by atoms with E-state index < -0.39 is 6.29 Å². The molecule has 1 aliphatic carbocycles. The van der Waals surface area contributed by atoms with Crippen molar-refractivity contribution in [2.45, 2.75) is 38.4 Å². The molecule has 0 spiro atoms. The minimum absolute atomic E-state index is 0.114. The van der Waals surface area contributed by atoms with Gasteiger partial charge in [0.25, 0.3) is 0 Å². The summed E-state index contributed by atoms with van der Waals surface area (Å²) in [5, 5.41) is 12.5. The average molecular weight is 261 g/mol. The van der Waals surface area contributed by atoms with Crippen LogP contribution in [0.5, 0.6) is 5.75 Å². The predicted octanol–water partition coefficient (Wildman–Crippen LogP) is 1.57. The molecule has 3 rings (SSSR count). The largest absolute Gasteiger partial charge is 0.464 e. The summed E-state index contributed by atoms with van der Waals surface area (Å²) in [6, 6.07) is 6.00. The van der Waals surface area contributed by atoms with Gasteiger partial charge < -0.3 is 15.2 Å². The molecule has 1 fully saturated rings. The summed E-state index contributed by atoms with van der Waals surface area (Å²) in [7, 11) is 0. The van der Waals surface area contributed by atoms with Crippen molar-refractivity contribution < 1.29 is 14.6 Å². The van der Waals surface area contributed by atoms with Crippen LogP contribution in [0.1, 0.15) is 36.8 Å². The third kappa shape index (κ3) is 2.45. The Balaban J connectivity index is 1.66. The van der Waals surface area contributed by atoms with Crippen molar-refractivity contribution >= 4 is 5.91 Å². The van der Waals surface area contributed by atoms with Crippen LogP contribution in [0.25, 0.3) is 0 Å². The molecule has 3 atom stereocenters. The van der Waals surface area contributed by atoms with E-state index in [0.29, 0.717) is 24.7 Å². The quantitative estimate of drug-likeness (QED) is 0.865. The maximum Gasteiger partial charge on any atom is 0.219 e. The van der Waals surface area contributed by atoms with Crippen molar-refractivity contribution in [1.29, 1.82) is 0 Å². The molecule has 19 heavy (non-hydrogen) atoms. The highest BCUT2D eigenvalue weighted by atomic mass is 16.6. The average Bonchev–Trinajstić information content (AvgIpc) is 3.07. The zero-order valence-corrected chi connectivity index (χ0v) is 11.1. The zero-order valence-electron chi connectivity index (χ0n) is 11.1. The van der Waals surface area contributed by atoms with Gasteiger partial charge in [-0.05, 0) is 29.9 Å². The number of fused-ring (bicyclic) bond motifs is 1. The van der Waals surface area contributed by atoms with Crippen LogP contribution in [0.3, 0.4) is 0 Å². The normalized spacial score (nSPS) is 27.6. The molecule has 0 saturated heterocycles. The standard InChI is InChI=1S/C15H19NO3/c1-2-14(17)16-8-9-6-11(9)10-4-3-5-13-12(10)7-15(18)19-13/h3-5,9,11,15,18H,2,6-8H2,1H3,(H,16,17)/t9-,11?,15+/m0/s1. The second-order valence-corrected chi connectivity index (χ2v) is 5.36. The number of carbonyl (C=O) groups is 1. The lowest BCUT2D eigenvalue weighted by molar-refractivity contribution is -0.120. The number of aliphatic hydroxyl groups is 1. The molecular weight excluding hydrogens is 242 g/mol. The summed E-state index contributed by atoms with van der Waals surface area (Å²) in [6.07, 6.45) is 1.53. The summed E-state index contributed by atoms with van der Waals surface area (Å²) < 4.78 is 5.36. The van der Waals surface area contributed by atoms with Crippen LogP contribution in [0.2, 0.25) is 0 Å². The van der Waals surface area contributed by atoms with Gasteiger partial charge in [0.2, 0.25) is 12.2 Å². The van der Waals surface area contributed by atoms with Crippen LogP contribution in [-0.4, -0.2) is 23.8 Å². The molecule has 1 heterocycles. The van der Waals surface area contributed by atoms with Gasteiger partial charge in [0, 0.05) is 24.9 Å². The second kappa shape index (κ2) is 4.85. The Bertz CT molecular complexity index is 500. The Morgan fingerprint density at radius 2 is 2.37 bits per heavy atom. The van der Waals surface area contributed by atoms with Gasteiger partial charge in [-0.3, -0.25) is 4.79 Å². The number of rotatable bonds is 4. The minimum Gasteiger partial charge on any atom is -0.464 e.